The van der Waals surface area contributed by atoms with E-state index < -0.39 is 23.1 Å². The van der Waals surface area contributed by atoms with Crippen LogP contribution in [0.2, 0.25) is 0 Å². The molecular weight excluding hydrogens is 280 g/mol. The fourth-order valence-corrected chi connectivity index (χ4v) is 2.23. The van der Waals surface area contributed by atoms with Crippen LogP contribution in [0.25, 0.3) is 0 Å². The van der Waals surface area contributed by atoms with Crippen molar-refractivity contribution in [2.75, 3.05) is 0 Å². The van der Waals surface area contributed by atoms with Crippen LogP contribution >= 0.6 is 0 Å². The van der Waals surface area contributed by atoms with E-state index in [0.717, 1.165) is 23.3 Å². The average Bonchev–Trinajstić information content (AvgIpc) is 2.46. The van der Waals surface area contributed by atoms with E-state index in [1.54, 1.807) is 27.7 Å². The largest absolute Gasteiger partial charge is 0.452 e. The van der Waals surface area contributed by atoms with Crippen molar-refractivity contribution in [2.24, 2.45) is 0 Å². The van der Waals surface area contributed by atoms with E-state index >= 15 is 0 Å². The molecule has 118 valence electrons. The zero-order valence-electron chi connectivity index (χ0n) is 13.5. The van der Waals surface area contributed by atoms with Gasteiger partial charge in [0.05, 0.1) is 0 Å². The standard InChI is InChI=1S/C18H22O4/c1-7-15(19)21-17(3,4)13-11-9-10-12-14(13)18(5,6)22-16(20)8-2/h7-12H,1-2H2,3-6H3. The summed E-state index contributed by atoms with van der Waals surface area (Å²) >= 11 is 0. The van der Waals surface area contributed by atoms with Crippen LogP contribution in [0.3, 0.4) is 0 Å². The number of carbonyl (C=O) groups is 2. The molecule has 0 atom stereocenters. The third-order valence-electron chi connectivity index (χ3n) is 3.27. The average molecular weight is 302 g/mol. The van der Waals surface area contributed by atoms with Gasteiger partial charge in [0, 0.05) is 23.3 Å². The van der Waals surface area contributed by atoms with Gasteiger partial charge in [0.25, 0.3) is 0 Å². The lowest BCUT2D eigenvalue weighted by Gasteiger charge is -2.33. The van der Waals surface area contributed by atoms with Crippen molar-refractivity contribution >= 4 is 11.9 Å². The summed E-state index contributed by atoms with van der Waals surface area (Å²) in [6, 6.07) is 7.37. The molecule has 0 bridgehead atoms. The second-order valence-corrected chi connectivity index (χ2v) is 5.82. The van der Waals surface area contributed by atoms with Crippen LogP contribution in [-0.4, -0.2) is 11.9 Å². The Morgan fingerprint density at radius 3 is 1.45 bits per heavy atom. The van der Waals surface area contributed by atoms with Crippen LogP contribution < -0.4 is 0 Å². The quantitative estimate of drug-likeness (QED) is 0.595. The summed E-state index contributed by atoms with van der Waals surface area (Å²) in [7, 11) is 0. The molecule has 0 aliphatic rings. The number of rotatable bonds is 6. The summed E-state index contributed by atoms with van der Waals surface area (Å²) in [5, 5.41) is 0. The second kappa shape index (κ2) is 6.60. The molecule has 0 unspecified atom stereocenters. The molecule has 0 saturated carbocycles. The van der Waals surface area contributed by atoms with E-state index in [-0.39, 0.29) is 0 Å². The summed E-state index contributed by atoms with van der Waals surface area (Å²) in [6.45, 7) is 13.9. The fourth-order valence-electron chi connectivity index (χ4n) is 2.23. The summed E-state index contributed by atoms with van der Waals surface area (Å²) in [5.74, 6) is -1.03. The molecule has 0 aliphatic heterocycles. The summed E-state index contributed by atoms with van der Waals surface area (Å²) < 4.78 is 10.8. The molecule has 1 aromatic carbocycles. The number of benzene rings is 1. The van der Waals surface area contributed by atoms with E-state index in [0.29, 0.717) is 0 Å². The van der Waals surface area contributed by atoms with Gasteiger partial charge in [-0.3, -0.25) is 0 Å². The Morgan fingerprint density at radius 2 is 1.18 bits per heavy atom. The number of hydrogen-bond donors (Lipinski definition) is 0. The number of carbonyl (C=O) groups excluding carboxylic acids is 2. The zero-order chi connectivity index (χ0) is 17.0. The molecule has 0 saturated heterocycles. The molecular formula is C18H22O4. The molecule has 0 aliphatic carbocycles. The van der Waals surface area contributed by atoms with Crippen LogP contribution in [0.5, 0.6) is 0 Å². The van der Waals surface area contributed by atoms with E-state index in [2.05, 4.69) is 13.2 Å². The van der Waals surface area contributed by atoms with Gasteiger partial charge in [0.2, 0.25) is 0 Å². The van der Waals surface area contributed by atoms with Gasteiger partial charge in [0.1, 0.15) is 11.2 Å². The molecule has 4 heteroatoms. The minimum atomic E-state index is -0.889. The predicted molar refractivity (Wildman–Crippen MR) is 85.1 cm³/mol. The van der Waals surface area contributed by atoms with Gasteiger partial charge in [-0.25, -0.2) is 9.59 Å². The first-order valence-corrected chi connectivity index (χ1v) is 6.95. The summed E-state index contributed by atoms with van der Waals surface area (Å²) in [6.07, 6.45) is 2.24. The molecule has 0 radical (unpaired) electrons. The highest BCUT2D eigenvalue weighted by Gasteiger charge is 2.34. The Hall–Kier alpha value is -2.36. The smallest absolute Gasteiger partial charge is 0.331 e. The van der Waals surface area contributed by atoms with Gasteiger partial charge >= 0.3 is 11.9 Å². The van der Waals surface area contributed by atoms with Gasteiger partial charge in [-0.2, -0.15) is 0 Å². The number of hydrogen-bond acceptors (Lipinski definition) is 4. The van der Waals surface area contributed by atoms with Gasteiger partial charge < -0.3 is 9.47 Å². The molecule has 1 aromatic rings. The highest BCUT2D eigenvalue weighted by atomic mass is 16.6. The SMILES string of the molecule is C=CC(=O)OC(C)(C)c1ccccc1C(C)(C)OC(=O)C=C. The topological polar surface area (TPSA) is 52.6 Å². The van der Waals surface area contributed by atoms with Crippen LogP contribution in [-0.2, 0) is 30.3 Å². The molecule has 4 nitrogen and oxygen atoms in total. The maximum Gasteiger partial charge on any atom is 0.331 e. The molecule has 0 spiro atoms. The van der Waals surface area contributed by atoms with Crippen LogP contribution in [0.15, 0.2) is 49.6 Å². The maximum absolute atomic E-state index is 11.5. The lowest BCUT2D eigenvalue weighted by atomic mass is 9.85. The number of ether oxygens (including phenoxy) is 2. The zero-order valence-corrected chi connectivity index (χ0v) is 13.5. The second-order valence-electron chi connectivity index (χ2n) is 5.82. The minimum absolute atomic E-state index is 0.513. The van der Waals surface area contributed by atoms with Crippen molar-refractivity contribution in [2.45, 2.75) is 38.9 Å². The molecule has 0 amide bonds. The van der Waals surface area contributed by atoms with Crippen molar-refractivity contribution in [1.82, 2.24) is 0 Å². The molecule has 22 heavy (non-hydrogen) atoms. The molecule has 0 aromatic heterocycles. The molecule has 0 fully saturated rings. The van der Waals surface area contributed by atoms with Gasteiger partial charge in [-0.05, 0) is 27.7 Å². The maximum atomic E-state index is 11.5. The fraction of sp³-hybridized carbons (Fsp3) is 0.333. The van der Waals surface area contributed by atoms with Gasteiger partial charge in [0.15, 0.2) is 0 Å². The van der Waals surface area contributed by atoms with Crippen molar-refractivity contribution < 1.29 is 19.1 Å². The first-order valence-electron chi connectivity index (χ1n) is 6.95. The van der Waals surface area contributed by atoms with Crippen molar-refractivity contribution in [3.8, 4) is 0 Å². The molecule has 0 heterocycles. The van der Waals surface area contributed by atoms with Crippen molar-refractivity contribution in [3.05, 3.63) is 60.7 Å². The third kappa shape index (κ3) is 4.07. The first kappa shape index (κ1) is 17.7. The Morgan fingerprint density at radius 1 is 0.864 bits per heavy atom. The van der Waals surface area contributed by atoms with E-state index in [4.69, 9.17) is 9.47 Å². The highest BCUT2D eigenvalue weighted by Crippen LogP contribution is 2.35. The van der Waals surface area contributed by atoms with E-state index in [1.807, 2.05) is 24.3 Å². The Bertz CT molecular complexity index is 544. The van der Waals surface area contributed by atoms with Crippen molar-refractivity contribution in [3.63, 3.8) is 0 Å². The predicted octanol–water partition coefficient (Wildman–Crippen LogP) is 3.62. The van der Waals surface area contributed by atoms with E-state index in [9.17, 15) is 9.59 Å². The van der Waals surface area contributed by atoms with Gasteiger partial charge in [-0.1, -0.05) is 37.4 Å². The molecule has 1 rings (SSSR count). The Balaban J connectivity index is 3.29. The molecule has 0 N–H and O–H groups in total. The first-order chi connectivity index (χ1) is 10.1. The van der Waals surface area contributed by atoms with Crippen LogP contribution in [0.1, 0.15) is 38.8 Å². The monoisotopic (exact) mass is 302 g/mol. The van der Waals surface area contributed by atoms with Crippen LogP contribution in [0.4, 0.5) is 0 Å². The minimum Gasteiger partial charge on any atom is -0.452 e. The normalized spacial score (nSPS) is 11.5. The lowest BCUT2D eigenvalue weighted by Crippen LogP contribution is -2.32. The highest BCUT2D eigenvalue weighted by molar-refractivity contribution is 5.82. The lowest BCUT2D eigenvalue weighted by molar-refractivity contribution is -0.154. The van der Waals surface area contributed by atoms with Crippen molar-refractivity contribution in [1.29, 1.82) is 0 Å². The third-order valence-corrected chi connectivity index (χ3v) is 3.27. The number of esters is 2. The summed E-state index contributed by atoms with van der Waals surface area (Å²) in [5.41, 5.74) is -0.265. The van der Waals surface area contributed by atoms with E-state index in [1.165, 1.54) is 0 Å². The van der Waals surface area contributed by atoms with Gasteiger partial charge in [-0.15, -0.1) is 0 Å². The summed E-state index contributed by atoms with van der Waals surface area (Å²) in [4.78, 5) is 23.1. The Kier molecular flexibility index (Phi) is 5.31. The Labute approximate surface area is 131 Å². The van der Waals surface area contributed by atoms with Crippen LogP contribution in [0, 0.1) is 0 Å².